The second-order valence-electron chi connectivity index (χ2n) is 4.29. The van der Waals surface area contributed by atoms with Crippen molar-refractivity contribution >= 4 is 11.8 Å². The molecule has 1 heterocycles. The van der Waals surface area contributed by atoms with Crippen molar-refractivity contribution < 1.29 is 13.5 Å². The van der Waals surface area contributed by atoms with E-state index in [2.05, 4.69) is 5.32 Å². The molecule has 3 nitrogen and oxygen atoms in total. The minimum atomic E-state index is -0.212. The lowest BCUT2D eigenvalue weighted by Crippen LogP contribution is -2.19. The zero-order valence-electron chi connectivity index (χ0n) is 11.4. The van der Waals surface area contributed by atoms with Crippen LogP contribution >= 0.6 is 11.8 Å². The number of furan rings is 1. The van der Waals surface area contributed by atoms with Gasteiger partial charge in [0.15, 0.2) is 0 Å². The first kappa shape index (κ1) is 15.1. The van der Waals surface area contributed by atoms with Gasteiger partial charge in [0.2, 0.25) is 0 Å². The van der Waals surface area contributed by atoms with E-state index in [0.29, 0.717) is 13.2 Å². The van der Waals surface area contributed by atoms with Crippen molar-refractivity contribution in [1.82, 2.24) is 5.32 Å². The van der Waals surface area contributed by atoms with Crippen LogP contribution in [0.2, 0.25) is 0 Å². The van der Waals surface area contributed by atoms with E-state index in [1.165, 1.54) is 6.07 Å². The van der Waals surface area contributed by atoms with Gasteiger partial charge in [-0.25, -0.2) is 4.39 Å². The van der Waals surface area contributed by atoms with Crippen molar-refractivity contribution in [2.45, 2.75) is 17.2 Å². The van der Waals surface area contributed by atoms with E-state index in [1.54, 1.807) is 31.2 Å². The fraction of sp³-hybridized carbons (Fsp3) is 0.333. The molecule has 1 aromatic carbocycles. The smallest absolute Gasteiger partial charge is 0.123 e. The molecular formula is C15H18FNO2S. The maximum atomic E-state index is 13.4. The number of rotatable bonds is 8. The molecule has 0 spiro atoms. The Labute approximate surface area is 122 Å². The van der Waals surface area contributed by atoms with E-state index in [-0.39, 0.29) is 5.82 Å². The number of hydrogen-bond donors (Lipinski definition) is 1. The van der Waals surface area contributed by atoms with Crippen molar-refractivity contribution in [3.05, 3.63) is 53.7 Å². The number of thioether (sulfide) groups is 1. The summed E-state index contributed by atoms with van der Waals surface area (Å²) >= 11 is 1.65. The van der Waals surface area contributed by atoms with E-state index in [0.717, 1.165) is 28.5 Å². The lowest BCUT2D eigenvalue weighted by Gasteiger charge is -2.10. The molecule has 1 N–H and O–H groups in total. The molecule has 0 saturated carbocycles. The van der Waals surface area contributed by atoms with E-state index < -0.39 is 0 Å². The van der Waals surface area contributed by atoms with Crippen molar-refractivity contribution in [3.63, 3.8) is 0 Å². The number of halogens is 1. The molecule has 0 amide bonds. The SMILES string of the molecule is COCCNCc1cc(F)ccc1SCc1ccco1. The van der Waals surface area contributed by atoms with Crippen molar-refractivity contribution in [2.75, 3.05) is 20.3 Å². The van der Waals surface area contributed by atoms with Crippen LogP contribution in [-0.2, 0) is 17.0 Å². The Morgan fingerprint density at radius 1 is 1.35 bits per heavy atom. The Morgan fingerprint density at radius 2 is 2.25 bits per heavy atom. The Morgan fingerprint density at radius 3 is 3.00 bits per heavy atom. The first-order valence-corrected chi connectivity index (χ1v) is 7.41. The summed E-state index contributed by atoms with van der Waals surface area (Å²) in [5.41, 5.74) is 0.956. The third-order valence-corrected chi connectivity index (χ3v) is 3.91. The van der Waals surface area contributed by atoms with E-state index in [9.17, 15) is 4.39 Å². The van der Waals surface area contributed by atoms with Crippen molar-refractivity contribution in [3.8, 4) is 0 Å². The van der Waals surface area contributed by atoms with Gasteiger partial charge in [-0.05, 0) is 35.9 Å². The molecule has 0 aliphatic rings. The standard InChI is InChI=1S/C15H18FNO2S/c1-18-8-6-17-10-12-9-13(16)4-5-15(12)20-11-14-3-2-7-19-14/h2-5,7,9,17H,6,8,10-11H2,1H3. The maximum absolute atomic E-state index is 13.4. The summed E-state index contributed by atoms with van der Waals surface area (Å²) in [6, 6.07) is 8.68. The Hall–Kier alpha value is -1.30. The van der Waals surface area contributed by atoms with Gasteiger partial charge in [-0.2, -0.15) is 0 Å². The molecule has 0 aliphatic carbocycles. The predicted molar refractivity (Wildman–Crippen MR) is 78.3 cm³/mol. The highest BCUT2D eigenvalue weighted by Gasteiger charge is 2.06. The first-order chi connectivity index (χ1) is 9.79. The van der Waals surface area contributed by atoms with Crippen LogP contribution < -0.4 is 5.32 Å². The summed E-state index contributed by atoms with van der Waals surface area (Å²) in [5.74, 6) is 1.44. The largest absolute Gasteiger partial charge is 0.468 e. The fourth-order valence-electron chi connectivity index (χ4n) is 1.77. The summed E-state index contributed by atoms with van der Waals surface area (Å²) in [4.78, 5) is 1.06. The number of hydrogen-bond acceptors (Lipinski definition) is 4. The zero-order valence-corrected chi connectivity index (χ0v) is 12.2. The van der Waals surface area contributed by atoms with Crippen LogP contribution in [0.15, 0.2) is 45.9 Å². The molecule has 0 unspecified atom stereocenters. The Kier molecular flexibility index (Phi) is 6.11. The maximum Gasteiger partial charge on any atom is 0.123 e. The van der Waals surface area contributed by atoms with Gasteiger partial charge in [0.1, 0.15) is 11.6 Å². The lowest BCUT2D eigenvalue weighted by atomic mass is 10.2. The normalized spacial score (nSPS) is 10.9. The predicted octanol–water partition coefficient (Wildman–Crippen LogP) is 3.45. The van der Waals surface area contributed by atoms with Crippen molar-refractivity contribution in [1.29, 1.82) is 0 Å². The molecule has 0 saturated heterocycles. The zero-order chi connectivity index (χ0) is 14.2. The van der Waals surface area contributed by atoms with Gasteiger partial charge in [-0.3, -0.25) is 0 Å². The highest BCUT2D eigenvalue weighted by Crippen LogP contribution is 2.27. The average molecular weight is 295 g/mol. The Balaban J connectivity index is 1.95. The van der Waals surface area contributed by atoms with Gasteiger partial charge in [0.05, 0.1) is 18.6 Å². The van der Waals surface area contributed by atoms with Gasteiger partial charge in [0, 0.05) is 25.1 Å². The molecule has 2 rings (SSSR count). The highest BCUT2D eigenvalue weighted by atomic mass is 32.2. The van der Waals surface area contributed by atoms with Crippen molar-refractivity contribution in [2.24, 2.45) is 0 Å². The minimum absolute atomic E-state index is 0.212. The molecule has 1 aromatic heterocycles. The molecule has 0 atom stereocenters. The third kappa shape index (κ3) is 4.67. The van der Waals surface area contributed by atoms with Crippen LogP contribution in [0, 0.1) is 5.82 Å². The molecule has 5 heteroatoms. The molecule has 0 bridgehead atoms. The van der Waals surface area contributed by atoms with Crippen LogP contribution in [0.1, 0.15) is 11.3 Å². The number of nitrogens with one attached hydrogen (secondary N) is 1. The van der Waals surface area contributed by atoms with Gasteiger partial charge in [0.25, 0.3) is 0 Å². The van der Waals surface area contributed by atoms with E-state index in [4.69, 9.17) is 9.15 Å². The van der Waals surface area contributed by atoms with Gasteiger partial charge >= 0.3 is 0 Å². The van der Waals surface area contributed by atoms with Gasteiger partial charge in [-0.15, -0.1) is 11.8 Å². The summed E-state index contributed by atoms with van der Waals surface area (Å²) < 4.78 is 23.6. The molecular weight excluding hydrogens is 277 g/mol. The summed E-state index contributed by atoms with van der Waals surface area (Å²) in [6.07, 6.45) is 1.66. The second kappa shape index (κ2) is 8.09. The fourth-order valence-corrected chi connectivity index (χ4v) is 2.71. The topological polar surface area (TPSA) is 34.4 Å². The second-order valence-corrected chi connectivity index (χ2v) is 5.31. The average Bonchev–Trinajstić information content (AvgIpc) is 2.96. The Bertz CT molecular complexity index is 517. The van der Waals surface area contributed by atoms with Gasteiger partial charge < -0.3 is 14.5 Å². The third-order valence-electron chi connectivity index (χ3n) is 2.77. The molecule has 0 fully saturated rings. The highest BCUT2D eigenvalue weighted by molar-refractivity contribution is 7.98. The molecule has 2 aromatic rings. The summed E-state index contributed by atoms with van der Waals surface area (Å²) in [6.45, 7) is 2.01. The van der Waals surface area contributed by atoms with Crippen LogP contribution in [-0.4, -0.2) is 20.3 Å². The monoisotopic (exact) mass is 295 g/mol. The molecule has 0 aliphatic heterocycles. The quantitative estimate of drug-likeness (QED) is 0.597. The van der Waals surface area contributed by atoms with Gasteiger partial charge in [-0.1, -0.05) is 0 Å². The van der Waals surface area contributed by atoms with E-state index in [1.807, 2.05) is 18.2 Å². The lowest BCUT2D eigenvalue weighted by molar-refractivity contribution is 0.199. The molecule has 0 radical (unpaired) electrons. The number of ether oxygens (including phenoxy) is 1. The molecule has 20 heavy (non-hydrogen) atoms. The first-order valence-electron chi connectivity index (χ1n) is 6.43. The summed E-state index contributed by atoms with van der Waals surface area (Å²) in [7, 11) is 1.66. The number of methoxy groups -OCH3 is 1. The van der Waals surface area contributed by atoms with Crippen LogP contribution in [0.4, 0.5) is 4.39 Å². The van der Waals surface area contributed by atoms with Crippen LogP contribution in [0.25, 0.3) is 0 Å². The molecule has 108 valence electrons. The van der Waals surface area contributed by atoms with Crippen LogP contribution in [0.5, 0.6) is 0 Å². The number of benzene rings is 1. The van der Waals surface area contributed by atoms with Crippen LogP contribution in [0.3, 0.4) is 0 Å². The summed E-state index contributed by atoms with van der Waals surface area (Å²) in [5, 5.41) is 3.23. The minimum Gasteiger partial charge on any atom is -0.468 e. The van der Waals surface area contributed by atoms with E-state index >= 15 is 0 Å².